The van der Waals surface area contributed by atoms with Crippen molar-refractivity contribution in [1.29, 1.82) is 0 Å². The van der Waals surface area contributed by atoms with Crippen LogP contribution in [0.1, 0.15) is 45.4 Å². The van der Waals surface area contributed by atoms with Crippen LogP contribution in [0.4, 0.5) is 5.82 Å². The fraction of sp³-hybridized carbons (Fsp3) is 0.412. The Morgan fingerprint density at radius 2 is 2.16 bits per heavy atom. The molecule has 0 saturated carbocycles. The summed E-state index contributed by atoms with van der Waals surface area (Å²) in [5.41, 5.74) is 3.51. The van der Waals surface area contributed by atoms with Gasteiger partial charge in [0.25, 0.3) is 0 Å². The average Bonchev–Trinajstić information content (AvgIpc) is 2.53. The van der Waals surface area contributed by atoms with Gasteiger partial charge in [-0.05, 0) is 46.1 Å². The van der Waals surface area contributed by atoms with E-state index in [1.54, 1.807) is 6.21 Å². The van der Waals surface area contributed by atoms with Crippen molar-refractivity contribution in [2.75, 3.05) is 12.0 Å². The monoisotopic (exact) mass is 407 g/mol. The van der Waals surface area contributed by atoms with Crippen molar-refractivity contribution < 1.29 is 4.74 Å². The summed E-state index contributed by atoms with van der Waals surface area (Å²) < 4.78 is 6.48. The zero-order valence-corrected chi connectivity index (χ0v) is 16.3. The van der Waals surface area contributed by atoms with Crippen molar-refractivity contribution in [3.05, 3.63) is 44.4 Å². The molecule has 2 aromatic rings. The second-order valence-corrected chi connectivity index (χ2v) is 7.35. The summed E-state index contributed by atoms with van der Waals surface area (Å²) in [7, 11) is 0. The van der Waals surface area contributed by atoms with Crippen molar-refractivity contribution in [1.82, 2.24) is 15.2 Å². The zero-order chi connectivity index (χ0) is 18.4. The van der Waals surface area contributed by atoms with E-state index >= 15 is 0 Å². The van der Waals surface area contributed by atoms with E-state index in [2.05, 4.69) is 48.6 Å². The maximum Gasteiger partial charge on any atom is 0.363 e. The van der Waals surface area contributed by atoms with Gasteiger partial charge in [-0.25, -0.2) is 9.89 Å². The minimum atomic E-state index is -0.522. The van der Waals surface area contributed by atoms with Crippen molar-refractivity contribution in [3.63, 3.8) is 0 Å². The number of nitrogens with zero attached hydrogens (tertiary/aromatic N) is 3. The van der Waals surface area contributed by atoms with Crippen LogP contribution < -0.4 is 15.9 Å². The molecule has 2 rings (SSSR count). The van der Waals surface area contributed by atoms with Gasteiger partial charge in [-0.15, -0.1) is 0 Å². The van der Waals surface area contributed by atoms with Gasteiger partial charge in [0.2, 0.25) is 0 Å². The first-order chi connectivity index (χ1) is 11.8. The number of rotatable bonds is 6. The van der Waals surface area contributed by atoms with Crippen LogP contribution in [-0.2, 0) is 5.41 Å². The second kappa shape index (κ2) is 8.24. The Hall–Kier alpha value is -2.22. The van der Waals surface area contributed by atoms with E-state index in [0.29, 0.717) is 18.1 Å². The lowest BCUT2D eigenvalue weighted by Gasteiger charge is -2.18. The van der Waals surface area contributed by atoms with E-state index in [0.717, 1.165) is 22.2 Å². The van der Waals surface area contributed by atoms with Crippen LogP contribution in [0.25, 0.3) is 0 Å². The van der Waals surface area contributed by atoms with Gasteiger partial charge in [0.1, 0.15) is 11.4 Å². The molecule has 25 heavy (non-hydrogen) atoms. The zero-order valence-electron chi connectivity index (χ0n) is 14.8. The number of halogens is 1. The van der Waals surface area contributed by atoms with E-state index in [1.807, 2.05) is 39.0 Å². The molecule has 0 atom stereocenters. The van der Waals surface area contributed by atoms with Gasteiger partial charge in [0.05, 0.1) is 17.3 Å². The molecule has 0 bridgehead atoms. The van der Waals surface area contributed by atoms with Crippen molar-refractivity contribution in [2.24, 2.45) is 5.10 Å². The minimum Gasteiger partial charge on any atom is -0.492 e. The van der Waals surface area contributed by atoms with Crippen LogP contribution >= 0.6 is 15.9 Å². The molecule has 0 amide bonds. The molecule has 1 aromatic heterocycles. The van der Waals surface area contributed by atoms with Gasteiger partial charge in [0, 0.05) is 5.41 Å². The van der Waals surface area contributed by atoms with Crippen LogP contribution in [-0.4, -0.2) is 28.0 Å². The van der Waals surface area contributed by atoms with Gasteiger partial charge in [0.15, 0.2) is 5.82 Å². The largest absolute Gasteiger partial charge is 0.492 e. The highest BCUT2D eigenvalue weighted by Crippen LogP contribution is 2.26. The molecule has 0 unspecified atom stereocenters. The highest BCUT2D eigenvalue weighted by atomic mass is 79.9. The van der Waals surface area contributed by atoms with Crippen LogP contribution in [0.3, 0.4) is 0 Å². The number of nitrogens with one attached hydrogen (secondary N) is 2. The molecule has 0 aliphatic rings. The molecule has 0 aliphatic carbocycles. The number of H-pyrrole nitrogens is 1. The van der Waals surface area contributed by atoms with E-state index in [4.69, 9.17) is 4.74 Å². The van der Waals surface area contributed by atoms with Gasteiger partial charge < -0.3 is 4.74 Å². The SMILES string of the molecule is CCCOc1ccc(/C=N/Nc2nc(=O)[nH]nc2C(C)(C)C)cc1Br. The molecular formula is C17H22BrN5O2. The minimum absolute atomic E-state index is 0.281. The molecule has 1 heterocycles. The summed E-state index contributed by atoms with van der Waals surface area (Å²) in [4.78, 5) is 15.3. The second-order valence-electron chi connectivity index (χ2n) is 6.50. The first-order valence-corrected chi connectivity index (χ1v) is 8.79. The van der Waals surface area contributed by atoms with E-state index in [1.165, 1.54) is 0 Å². The van der Waals surface area contributed by atoms with Crippen molar-refractivity contribution >= 4 is 28.0 Å². The summed E-state index contributed by atoms with van der Waals surface area (Å²) in [6.45, 7) is 8.68. The summed E-state index contributed by atoms with van der Waals surface area (Å²) in [6, 6.07) is 5.69. The molecule has 0 saturated heterocycles. The van der Waals surface area contributed by atoms with Crippen LogP contribution in [0, 0.1) is 0 Å². The van der Waals surface area contributed by atoms with Gasteiger partial charge >= 0.3 is 5.69 Å². The van der Waals surface area contributed by atoms with Gasteiger partial charge in [-0.2, -0.15) is 15.2 Å². The Labute approximate surface area is 155 Å². The standard InChI is InChI=1S/C17H22BrN5O2/c1-5-8-25-13-7-6-11(9-12(13)18)10-19-22-15-14(17(2,3)4)21-23-16(24)20-15/h6-7,9-10H,5,8H2,1-4H3,(H2,20,22,23,24)/b19-10+. The molecule has 0 fully saturated rings. The van der Waals surface area contributed by atoms with E-state index in [9.17, 15) is 4.79 Å². The quantitative estimate of drug-likeness (QED) is 0.564. The number of hydrogen-bond acceptors (Lipinski definition) is 6. The first-order valence-electron chi connectivity index (χ1n) is 8.00. The summed E-state index contributed by atoms with van der Waals surface area (Å²) in [6.07, 6.45) is 2.59. The molecule has 7 nitrogen and oxygen atoms in total. The lowest BCUT2D eigenvalue weighted by Crippen LogP contribution is -2.24. The number of ether oxygens (including phenoxy) is 1. The van der Waals surface area contributed by atoms with Crippen LogP contribution in [0.15, 0.2) is 32.6 Å². The maximum atomic E-state index is 11.4. The lowest BCUT2D eigenvalue weighted by molar-refractivity contribution is 0.315. The van der Waals surface area contributed by atoms with Crippen LogP contribution in [0.5, 0.6) is 5.75 Å². The normalized spacial score (nSPS) is 11.7. The fourth-order valence-electron chi connectivity index (χ4n) is 2.03. The van der Waals surface area contributed by atoms with Gasteiger partial charge in [-0.1, -0.05) is 27.7 Å². The number of hydrazone groups is 1. The first kappa shape index (κ1) is 19.1. The highest BCUT2D eigenvalue weighted by Gasteiger charge is 2.21. The lowest BCUT2D eigenvalue weighted by atomic mass is 9.92. The smallest absolute Gasteiger partial charge is 0.363 e. The third-order valence-electron chi connectivity index (χ3n) is 3.21. The number of anilines is 1. The number of aromatic amines is 1. The maximum absolute atomic E-state index is 11.4. The topological polar surface area (TPSA) is 92.3 Å². The molecule has 0 radical (unpaired) electrons. The van der Waals surface area contributed by atoms with E-state index in [-0.39, 0.29) is 5.41 Å². The fourth-order valence-corrected chi connectivity index (χ4v) is 2.54. The molecule has 134 valence electrons. The summed E-state index contributed by atoms with van der Waals surface area (Å²) in [5.74, 6) is 1.14. The predicted octanol–water partition coefficient (Wildman–Crippen LogP) is 3.46. The Morgan fingerprint density at radius 1 is 1.40 bits per heavy atom. The summed E-state index contributed by atoms with van der Waals surface area (Å²) in [5, 5.41) is 10.6. The number of aromatic nitrogens is 3. The van der Waals surface area contributed by atoms with E-state index < -0.39 is 5.69 Å². The molecule has 1 aromatic carbocycles. The Kier molecular flexibility index (Phi) is 6.30. The molecule has 2 N–H and O–H groups in total. The Bertz CT molecular complexity index is 811. The third-order valence-corrected chi connectivity index (χ3v) is 3.83. The molecule has 0 aliphatic heterocycles. The Morgan fingerprint density at radius 3 is 2.80 bits per heavy atom. The third kappa shape index (κ3) is 5.38. The molecule has 8 heteroatoms. The number of benzene rings is 1. The van der Waals surface area contributed by atoms with Crippen molar-refractivity contribution in [3.8, 4) is 5.75 Å². The highest BCUT2D eigenvalue weighted by molar-refractivity contribution is 9.10. The molecule has 0 spiro atoms. The summed E-state index contributed by atoms with van der Waals surface area (Å²) >= 11 is 3.49. The number of hydrogen-bond donors (Lipinski definition) is 2. The van der Waals surface area contributed by atoms with Gasteiger partial charge in [-0.3, -0.25) is 5.43 Å². The predicted molar refractivity (Wildman–Crippen MR) is 102 cm³/mol. The van der Waals surface area contributed by atoms with Crippen molar-refractivity contribution in [2.45, 2.75) is 39.5 Å². The Balaban J connectivity index is 2.15. The van der Waals surface area contributed by atoms with Crippen LogP contribution in [0.2, 0.25) is 0 Å². The average molecular weight is 408 g/mol. The molecular weight excluding hydrogens is 386 g/mol.